The van der Waals surface area contributed by atoms with Crippen LogP contribution in [0.1, 0.15) is 23.7 Å². The number of hydrogen-bond donors (Lipinski definition) is 1. The average molecular weight is 302 g/mol. The van der Waals surface area contributed by atoms with Crippen LogP contribution in [0.25, 0.3) is 0 Å². The second-order valence-electron chi connectivity index (χ2n) is 4.60. The number of nitrogens with zero attached hydrogens (tertiary/aromatic N) is 1. The highest BCUT2D eigenvalue weighted by atomic mass is 35.5. The molecule has 1 amide bonds. The molecule has 1 atom stereocenters. The minimum Gasteiger partial charge on any atom is -0.507 e. The number of hydrogen-bond acceptors (Lipinski definition) is 3. The van der Waals surface area contributed by atoms with Gasteiger partial charge < -0.3 is 10.0 Å². The lowest BCUT2D eigenvalue weighted by Crippen LogP contribution is -2.27. The molecule has 0 saturated carbocycles. The highest BCUT2D eigenvalue weighted by molar-refractivity contribution is 6.42. The van der Waals surface area contributed by atoms with Gasteiger partial charge in [0.1, 0.15) is 5.75 Å². The summed E-state index contributed by atoms with van der Waals surface area (Å²) < 4.78 is 0. The number of Topliss-reactive ketones (excluding diaryl/α,β-unsaturated/α-hetero) is 1. The standard InChI is InChI=1S/C13H13Cl2NO3/c1-7(17)16-3-2-8(6-16)13(19)9-4-10(14)11(15)5-12(9)18/h4-5,8,18H,2-3,6H2,1H3. The number of aromatic hydroxyl groups is 1. The van der Waals surface area contributed by atoms with Crippen molar-refractivity contribution >= 4 is 34.9 Å². The van der Waals surface area contributed by atoms with Crippen LogP contribution in [0.2, 0.25) is 10.0 Å². The third kappa shape index (κ3) is 2.85. The second-order valence-corrected chi connectivity index (χ2v) is 5.41. The Labute approximate surface area is 120 Å². The average Bonchev–Trinajstić information content (AvgIpc) is 2.82. The zero-order valence-electron chi connectivity index (χ0n) is 10.3. The lowest BCUT2D eigenvalue weighted by Gasteiger charge is -2.14. The van der Waals surface area contributed by atoms with Crippen molar-refractivity contribution in [1.29, 1.82) is 0 Å². The molecule has 1 aliphatic heterocycles. The number of ketones is 1. The molecule has 0 aromatic heterocycles. The Balaban J connectivity index is 2.22. The summed E-state index contributed by atoms with van der Waals surface area (Å²) in [6, 6.07) is 2.63. The topological polar surface area (TPSA) is 57.6 Å². The number of phenolic OH excluding ortho intramolecular Hbond substituents is 1. The van der Waals surface area contributed by atoms with Crippen molar-refractivity contribution in [2.75, 3.05) is 13.1 Å². The zero-order valence-corrected chi connectivity index (χ0v) is 11.8. The van der Waals surface area contributed by atoms with Crippen LogP contribution in [0.3, 0.4) is 0 Å². The van der Waals surface area contributed by atoms with Gasteiger partial charge in [0.15, 0.2) is 5.78 Å². The van der Waals surface area contributed by atoms with E-state index >= 15 is 0 Å². The zero-order chi connectivity index (χ0) is 14.2. The van der Waals surface area contributed by atoms with Crippen molar-refractivity contribution in [3.05, 3.63) is 27.7 Å². The molecule has 1 aromatic rings. The van der Waals surface area contributed by atoms with Gasteiger partial charge in [-0.3, -0.25) is 9.59 Å². The van der Waals surface area contributed by atoms with Crippen LogP contribution in [0.5, 0.6) is 5.75 Å². The van der Waals surface area contributed by atoms with Gasteiger partial charge in [-0.25, -0.2) is 0 Å². The summed E-state index contributed by atoms with van der Waals surface area (Å²) >= 11 is 11.6. The molecular formula is C13H13Cl2NO3. The van der Waals surface area contributed by atoms with Crippen LogP contribution in [0.15, 0.2) is 12.1 Å². The fourth-order valence-corrected chi connectivity index (χ4v) is 2.54. The maximum atomic E-state index is 12.3. The van der Waals surface area contributed by atoms with Gasteiger partial charge in [-0.1, -0.05) is 23.2 Å². The molecule has 1 unspecified atom stereocenters. The molecule has 0 radical (unpaired) electrons. The van der Waals surface area contributed by atoms with Gasteiger partial charge in [0, 0.05) is 32.0 Å². The SMILES string of the molecule is CC(=O)N1CCC(C(=O)c2cc(Cl)c(Cl)cc2O)C1. The summed E-state index contributed by atoms with van der Waals surface area (Å²) in [6.07, 6.45) is 0.595. The molecule has 1 saturated heterocycles. The minimum atomic E-state index is -0.299. The predicted molar refractivity (Wildman–Crippen MR) is 72.8 cm³/mol. The highest BCUT2D eigenvalue weighted by Crippen LogP contribution is 2.32. The Kier molecular flexibility index (Phi) is 4.02. The number of rotatable bonds is 2. The van der Waals surface area contributed by atoms with Gasteiger partial charge in [0.2, 0.25) is 5.91 Å². The van der Waals surface area contributed by atoms with E-state index in [4.69, 9.17) is 23.2 Å². The van der Waals surface area contributed by atoms with Crippen molar-refractivity contribution in [2.45, 2.75) is 13.3 Å². The first-order chi connectivity index (χ1) is 8.90. The van der Waals surface area contributed by atoms with E-state index in [2.05, 4.69) is 0 Å². The van der Waals surface area contributed by atoms with E-state index in [1.807, 2.05) is 0 Å². The first-order valence-electron chi connectivity index (χ1n) is 5.88. The molecule has 2 rings (SSSR count). The first kappa shape index (κ1) is 14.2. The van der Waals surface area contributed by atoms with Crippen LogP contribution in [-0.2, 0) is 4.79 Å². The van der Waals surface area contributed by atoms with E-state index < -0.39 is 0 Å². The third-order valence-corrected chi connectivity index (χ3v) is 4.03. The Bertz CT molecular complexity index is 545. The number of likely N-dealkylation sites (tertiary alicyclic amines) is 1. The van der Waals surface area contributed by atoms with Crippen molar-refractivity contribution < 1.29 is 14.7 Å². The fraction of sp³-hybridized carbons (Fsp3) is 0.385. The van der Waals surface area contributed by atoms with Gasteiger partial charge >= 0.3 is 0 Å². The highest BCUT2D eigenvalue weighted by Gasteiger charge is 2.31. The first-order valence-corrected chi connectivity index (χ1v) is 6.63. The molecule has 4 nitrogen and oxygen atoms in total. The summed E-state index contributed by atoms with van der Waals surface area (Å²) in [6.45, 7) is 2.42. The van der Waals surface area contributed by atoms with Crippen LogP contribution in [0, 0.1) is 5.92 Å². The van der Waals surface area contributed by atoms with E-state index in [1.54, 1.807) is 4.90 Å². The molecule has 1 N–H and O–H groups in total. The molecule has 0 aliphatic carbocycles. The Morgan fingerprint density at radius 2 is 1.95 bits per heavy atom. The summed E-state index contributed by atoms with van der Waals surface area (Å²) in [7, 11) is 0. The predicted octanol–water partition coefficient (Wildman–Crippen LogP) is 2.75. The van der Waals surface area contributed by atoms with Gasteiger partial charge in [-0.05, 0) is 12.5 Å². The van der Waals surface area contributed by atoms with Gasteiger partial charge in [-0.2, -0.15) is 0 Å². The number of halogens is 2. The maximum absolute atomic E-state index is 12.3. The number of benzene rings is 1. The Morgan fingerprint density at radius 1 is 1.32 bits per heavy atom. The Morgan fingerprint density at radius 3 is 2.53 bits per heavy atom. The minimum absolute atomic E-state index is 0.0475. The van der Waals surface area contributed by atoms with Crippen LogP contribution in [-0.4, -0.2) is 34.8 Å². The lowest BCUT2D eigenvalue weighted by molar-refractivity contribution is -0.127. The number of amides is 1. The van der Waals surface area contributed by atoms with Crippen LogP contribution in [0.4, 0.5) is 0 Å². The molecular weight excluding hydrogens is 289 g/mol. The largest absolute Gasteiger partial charge is 0.507 e. The van der Waals surface area contributed by atoms with Crippen molar-refractivity contribution in [2.24, 2.45) is 5.92 Å². The van der Waals surface area contributed by atoms with E-state index in [0.717, 1.165) is 0 Å². The Hall–Kier alpha value is -1.26. The fourth-order valence-electron chi connectivity index (χ4n) is 2.21. The van der Waals surface area contributed by atoms with Crippen molar-refractivity contribution in [1.82, 2.24) is 4.90 Å². The maximum Gasteiger partial charge on any atom is 0.219 e. The summed E-state index contributed by atoms with van der Waals surface area (Å²) in [5.41, 5.74) is 0.157. The van der Waals surface area contributed by atoms with Gasteiger partial charge in [-0.15, -0.1) is 0 Å². The normalized spacial score (nSPS) is 18.7. The van der Waals surface area contributed by atoms with E-state index in [1.165, 1.54) is 19.1 Å². The van der Waals surface area contributed by atoms with Gasteiger partial charge in [0.05, 0.1) is 15.6 Å². The molecule has 1 aliphatic rings. The second kappa shape index (κ2) is 5.39. The van der Waals surface area contributed by atoms with Crippen molar-refractivity contribution in [3.63, 3.8) is 0 Å². The monoisotopic (exact) mass is 301 g/mol. The smallest absolute Gasteiger partial charge is 0.219 e. The molecule has 6 heteroatoms. The van der Waals surface area contributed by atoms with Crippen molar-refractivity contribution in [3.8, 4) is 5.75 Å². The molecule has 102 valence electrons. The van der Waals surface area contributed by atoms with E-state index in [0.29, 0.717) is 19.5 Å². The molecule has 0 bridgehead atoms. The third-order valence-electron chi connectivity index (χ3n) is 3.31. The van der Waals surface area contributed by atoms with E-state index in [9.17, 15) is 14.7 Å². The molecule has 1 aromatic carbocycles. The molecule has 1 fully saturated rings. The number of phenols is 1. The lowest BCUT2D eigenvalue weighted by atomic mass is 9.96. The molecule has 1 heterocycles. The molecule has 19 heavy (non-hydrogen) atoms. The summed E-state index contributed by atoms with van der Waals surface area (Å²) in [5.74, 6) is -0.735. The number of carbonyl (C=O) groups excluding carboxylic acids is 2. The summed E-state index contributed by atoms with van der Waals surface area (Å²) in [5, 5.41) is 10.2. The molecule has 0 spiro atoms. The van der Waals surface area contributed by atoms with Crippen LogP contribution >= 0.6 is 23.2 Å². The summed E-state index contributed by atoms with van der Waals surface area (Å²) in [4.78, 5) is 25.2. The number of carbonyl (C=O) groups is 2. The quantitative estimate of drug-likeness (QED) is 0.855. The van der Waals surface area contributed by atoms with Crippen LogP contribution < -0.4 is 0 Å². The van der Waals surface area contributed by atoms with E-state index in [-0.39, 0.29) is 39.0 Å². The van der Waals surface area contributed by atoms with Gasteiger partial charge in [0.25, 0.3) is 0 Å².